The third-order valence-corrected chi connectivity index (χ3v) is 5.76. The molecule has 2 aromatic carbocycles. The third kappa shape index (κ3) is 3.12. The van der Waals surface area contributed by atoms with Crippen molar-refractivity contribution in [3.8, 4) is 11.5 Å². The fraction of sp³-hybridized carbons (Fsp3) is 0.391. The van der Waals surface area contributed by atoms with Crippen molar-refractivity contribution in [1.82, 2.24) is 5.32 Å². The van der Waals surface area contributed by atoms with Crippen LogP contribution in [0.5, 0.6) is 11.5 Å². The predicted molar refractivity (Wildman–Crippen MR) is 107 cm³/mol. The molecular weight excluding hydrogens is 322 g/mol. The molecule has 3 heteroatoms. The van der Waals surface area contributed by atoms with Gasteiger partial charge < -0.3 is 15.2 Å². The summed E-state index contributed by atoms with van der Waals surface area (Å²) in [5.74, 6) is 1.34. The summed E-state index contributed by atoms with van der Waals surface area (Å²) in [6.07, 6.45) is 3.66. The minimum Gasteiger partial charge on any atom is -0.507 e. The van der Waals surface area contributed by atoms with E-state index in [-0.39, 0.29) is 11.6 Å². The summed E-state index contributed by atoms with van der Waals surface area (Å²) in [5, 5.41) is 14.0. The van der Waals surface area contributed by atoms with Gasteiger partial charge in [-0.05, 0) is 62.8 Å². The van der Waals surface area contributed by atoms with Gasteiger partial charge in [-0.3, -0.25) is 0 Å². The number of aromatic hydroxyl groups is 1. The fourth-order valence-electron chi connectivity index (χ4n) is 4.00. The van der Waals surface area contributed by atoms with Crippen LogP contribution in [0.3, 0.4) is 0 Å². The van der Waals surface area contributed by atoms with E-state index in [0.29, 0.717) is 5.75 Å². The zero-order chi connectivity index (χ0) is 18.9. The number of nitrogens with one attached hydrogen (secondary N) is 1. The molecule has 3 nitrogen and oxygen atoms in total. The van der Waals surface area contributed by atoms with Crippen molar-refractivity contribution in [2.75, 3.05) is 6.54 Å². The van der Waals surface area contributed by atoms with Crippen LogP contribution in [0.25, 0.3) is 0 Å². The number of phenolic OH excluding ortho intramolecular Hbond substituents is 1. The van der Waals surface area contributed by atoms with E-state index < -0.39 is 0 Å². The molecule has 1 aliphatic heterocycles. The highest BCUT2D eigenvalue weighted by molar-refractivity contribution is 5.58. The van der Waals surface area contributed by atoms with E-state index in [0.717, 1.165) is 47.4 Å². The van der Waals surface area contributed by atoms with Crippen LogP contribution in [-0.4, -0.2) is 17.3 Å². The molecule has 0 aliphatic carbocycles. The highest BCUT2D eigenvalue weighted by atomic mass is 16.5. The molecule has 2 atom stereocenters. The van der Waals surface area contributed by atoms with Crippen LogP contribution in [0.4, 0.5) is 0 Å². The van der Waals surface area contributed by atoms with Crippen molar-refractivity contribution in [3.63, 3.8) is 0 Å². The van der Waals surface area contributed by atoms with Crippen LogP contribution in [0.15, 0.2) is 43.0 Å². The molecule has 138 valence electrons. The van der Waals surface area contributed by atoms with Gasteiger partial charge in [-0.15, -0.1) is 6.58 Å². The van der Waals surface area contributed by atoms with E-state index in [2.05, 4.69) is 43.1 Å². The molecule has 0 bridgehead atoms. The summed E-state index contributed by atoms with van der Waals surface area (Å²) in [6.45, 7) is 12.7. The van der Waals surface area contributed by atoms with Gasteiger partial charge in [0.25, 0.3) is 0 Å². The van der Waals surface area contributed by atoms with Gasteiger partial charge in [-0.2, -0.15) is 0 Å². The summed E-state index contributed by atoms with van der Waals surface area (Å²) in [4.78, 5) is 0. The quantitative estimate of drug-likeness (QED) is 0.752. The van der Waals surface area contributed by atoms with Crippen LogP contribution >= 0.6 is 0 Å². The first-order valence-electron chi connectivity index (χ1n) is 9.29. The Morgan fingerprint density at radius 2 is 1.88 bits per heavy atom. The van der Waals surface area contributed by atoms with Crippen molar-refractivity contribution >= 4 is 0 Å². The van der Waals surface area contributed by atoms with Gasteiger partial charge in [-0.1, -0.05) is 36.4 Å². The van der Waals surface area contributed by atoms with Crippen molar-refractivity contribution in [2.24, 2.45) is 0 Å². The standard InChI is InChI=1S/C23H29NO2/c1-6-14-24-22(18-10-8-7-9-11-18)23(5)13-12-19-17(4)20(25)15(2)16(3)21(19)26-23/h6-11,22,24-25H,1,12-14H2,2-5H3. The summed E-state index contributed by atoms with van der Waals surface area (Å²) >= 11 is 0. The van der Waals surface area contributed by atoms with Crippen LogP contribution in [0.2, 0.25) is 0 Å². The first kappa shape index (κ1) is 18.5. The summed E-state index contributed by atoms with van der Waals surface area (Å²) in [5.41, 5.74) is 4.85. The SMILES string of the molecule is C=CCNC(c1ccccc1)C1(C)CCc2c(C)c(O)c(C)c(C)c2O1. The third-order valence-electron chi connectivity index (χ3n) is 5.76. The van der Waals surface area contributed by atoms with E-state index in [1.165, 1.54) is 5.56 Å². The van der Waals surface area contributed by atoms with Crippen molar-refractivity contribution in [1.29, 1.82) is 0 Å². The minimum absolute atomic E-state index is 0.0589. The Morgan fingerprint density at radius 3 is 2.54 bits per heavy atom. The fourth-order valence-corrected chi connectivity index (χ4v) is 4.00. The number of ether oxygens (including phenoxy) is 1. The highest BCUT2D eigenvalue weighted by Crippen LogP contribution is 2.46. The average Bonchev–Trinajstić information content (AvgIpc) is 2.65. The van der Waals surface area contributed by atoms with Gasteiger partial charge in [-0.25, -0.2) is 0 Å². The van der Waals surface area contributed by atoms with E-state index in [4.69, 9.17) is 4.74 Å². The minimum atomic E-state index is -0.377. The maximum absolute atomic E-state index is 10.4. The lowest BCUT2D eigenvalue weighted by molar-refractivity contribution is 0.0247. The van der Waals surface area contributed by atoms with Crippen LogP contribution in [0.1, 0.15) is 47.2 Å². The lowest BCUT2D eigenvalue weighted by Gasteiger charge is -2.43. The van der Waals surface area contributed by atoms with Crippen molar-refractivity contribution in [3.05, 3.63) is 70.8 Å². The number of fused-ring (bicyclic) bond motifs is 1. The first-order valence-corrected chi connectivity index (χ1v) is 9.29. The monoisotopic (exact) mass is 351 g/mol. The number of rotatable bonds is 5. The molecule has 0 radical (unpaired) electrons. The van der Waals surface area contributed by atoms with E-state index in [1.54, 1.807) is 0 Å². The Morgan fingerprint density at radius 1 is 1.19 bits per heavy atom. The second-order valence-corrected chi connectivity index (χ2v) is 7.49. The Kier molecular flexibility index (Phi) is 5.10. The molecule has 0 saturated carbocycles. The molecule has 2 aromatic rings. The lowest BCUT2D eigenvalue weighted by Crippen LogP contribution is -2.48. The molecule has 0 fully saturated rings. The molecule has 2 N–H and O–H groups in total. The molecule has 0 aromatic heterocycles. The maximum Gasteiger partial charge on any atom is 0.127 e. The van der Waals surface area contributed by atoms with Crippen molar-refractivity contribution < 1.29 is 9.84 Å². The van der Waals surface area contributed by atoms with Crippen LogP contribution in [-0.2, 0) is 6.42 Å². The normalized spacial score (nSPS) is 20.2. The molecule has 1 heterocycles. The summed E-state index contributed by atoms with van der Waals surface area (Å²) in [6, 6.07) is 10.5. The van der Waals surface area contributed by atoms with Crippen LogP contribution in [0, 0.1) is 20.8 Å². The van der Waals surface area contributed by atoms with Crippen molar-refractivity contribution in [2.45, 2.75) is 52.2 Å². The Bertz CT molecular complexity index is 813. The summed E-state index contributed by atoms with van der Waals surface area (Å²) < 4.78 is 6.67. The molecule has 0 amide bonds. The molecule has 0 spiro atoms. The largest absolute Gasteiger partial charge is 0.507 e. The second kappa shape index (κ2) is 7.16. The predicted octanol–water partition coefficient (Wildman–Crippen LogP) is 4.92. The van der Waals surface area contributed by atoms with Gasteiger partial charge in [0.2, 0.25) is 0 Å². The Labute approximate surface area is 156 Å². The lowest BCUT2D eigenvalue weighted by atomic mass is 9.81. The van der Waals surface area contributed by atoms with Crippen LogP contribution < -0.4 is 10.1 Å². The molecule has 2 unspecified atom stereocenters. The van der Waals surface area contributed by atoms with Gasteiger partial charge in [0.1, 0.15) is 17.1 Å². The smallest absolute Gasteiger partial charge is 0.127 e. The number of hydrogen-bond donors (Lipinski definition) is 2. The maximum atomic E-state index is 10.4. The molecule has 0 saturated heterocycles. The van der Waals surface area contributed by atoms with Gasteiger partial charge in [0, 0.05) is 12.1 Å². The number of benzene rings is 2. The highest BCUT2D eigenvalue weighted by Gasteiger charge is 2.41. The van der Waals surface area contributed by atoms with Gasteiger partial charge >= 0.3 is 0 Å². The van der Waals surface area contributed by atoms with Gasteiger partial charge in [0.15, 0.2) is 0 Å². The van der Waals surface area contributed by atoms with Gasteiger partial charge in [0.05, 0.1) is 6.04 Å². The molecular formula is C23H29NO2. The number of hydrogen-bond acceptors (Lipinski definition) is 3. The number of phenols is 1. The Balaban J connectivity index is 2.04. The second-order valence-electron chi connectivity index (χ2n) is 7.49. The molecule has 1 aliphatic rings. The zero-order valence-electron chi connectivity index (χ0n) is 16.2. The Hall–Kier alpha value is -2.26. The van der Waals surface area contributed by atoms with E-state index in [1.807, 2.05) is 32.9 Å². The first-order chi connectivity index (χ1) is 12.4. The zero-order valence-corrected chi connectivity index (χ0v) is 16.2. The molecule has 3 rings (SSSR count). The summed E-state index contributed by atoms with van der Waals surface area (Å²) in [7, 11) is 0. The topological polar surface area (TPSA) is 41.5 Å². The average molecular weight is 351 g/mol. The van der Waals surface area contributed by atoms with E-state index in [9.17, 15) is 5.11 Å². The molecule has 26 heavy (non-hydrogen) atoms. The van der Waals surface area contributed by atoms with E-state index >= 15 is 0 Å².